The van der Waals surface area contributed by atoms with E-state index in [9.17, 15) is 0 Å². The molecule has 1 atom stereocenters. The van der Waals surface area contributed by atoms with Crippen LogP contribution < -0.4 is 5.32 Å². The molecule has 4 heteroatoms. The number of aromatic nitrogens is 1. The summed E-state index contributed by atoms with van der Waals surface area (Å²) in [6.45, 7) is 4.70. The number of fused-ring (bicyclic) bond motifs is 6. The molecule has 4 nitrogen and oxygen atoms in total. The fraction of sp³-hybridized carbons (Fsp3) is 0.0833. The zero-order chi connectivity index (χ0) is 34.8. The van der Waals surface area contributed by atoms with E-state index in [2.05, 4.69) is 169 Å². The lowest BCUT2D eigenvalue weighted by Crippen LogP contribution is -2.36. The van der Waals surface area contributed by atoms with Gasteiger partial charge in [-0.3, -0.25) is 0 Å². The molecule has 2 heterocycles. The monoisotopic (exact) mass is 668 g/mol. The molecule has 1 aliphatic heterocycles. The van der Waals surface area contributed by atoms with Gasteiger partial charge in [-0.1, -0.05) is 153 Å². The van der Waals surface area contributed by atoms with E-state index in [1.54, 1.807) is 0 Å². The number of aliphatic imine (C=N–C) groups is 2. The van der Waals surface area contributed by atoms with Crippen molar-refractivity contribution in [2.45, 2.75) is 25.4 Å². The van der Waals surface area contributed by atoms with Crippen molar-refractivity contribution in [1.82, 2.24) is 9.88 Å². The summed E-state index contributed by atoms with van der Waals surface area (Å²) in [6.07, 6.45) is -0.425. The highest BCUT2D eigenvalue weighted by Crippen LogP contribution is 2.51. The molecule has 0 radical (unpaired) electrons. The number of benzene rings is 7. The maximum Gasteiger partial charge on any atom is 0.169 e. The summed E-state index contributed by atoms with van der Waals surface area (Å²) in [5, 5.41) is 6.08. The summed E-state index contributed by atoms with van der Waals surface area (Å²) in [7, 11) is 0. The predicted molar refractivity (Wildman–Crippen MR) is 216 cm³/mol. The second kappa shape index (κ2) is 11.8. The Hall–Kier alpha value is -6.52. The minimum Gasteiger partial charge on any atom is -0.324 e. The second-order valence-corrected chi connectivity index (χ2v) is 14.3. The molecule has 0 fully saturated rings. The summed E-state index contributed by atoms with van der Waals surface area (Å²) >= 11 is 0. The number of rotatable bonds is 5. The fourth-order valence-corrected chi connectivity index (χ4v) is 8.21. The molecule has 1 unspecified atom stereocenters. The Balaban J connectivity index is 1.11. The van der Waals surface area contributed by atoms with E-state index in [0.29, 0.717) is 0 Å². The number of hydrogen-bond acceptors (Lipinski definition) is 3. The maximum atomic E-state index is 5.25. The Bertz CT molecular complexity index is 2720. The number of amidine groups is 2. The normalized spacial score (nSPS) is 15.8. The molecule has 0 saturated carbocycles. The maximum absolute atomic E-state index is 5.25. The van der Waals surface area contributed by atoms with Gasteiger partial charge in [0.25, 0.3) is 0 Å². The Morgan fingerprint density at radius 2 is 1.10 bits per heavy atom. The first kappa shape index (κ1) is 30.3. The van der Waals surface area contributed by atoms with E-state index in [1.807, 2.05) is 24.3 Å². The molecule has 0 saturated heterocycles. The van der Waals surface area contributed by atoms with Crippen molar-refractivity contribution in [1.29, 1.82) is 0 Å². The van der Waals surface area contributed by atoms with Crippen LogP contribution in [-0.2, 0) is 5.41 Å². The van der Waals surface area contributed by atoms with Crippen LogP contribution in [0.4, 0.5) is 0 Å². The second-order valence-electron chi connectivity index (χ2n) is 14.3. The number of nitrogens with one attached hydrogen (secondary N) is 1. The lowest BCUT2D eigenvalue weighted by molar-refractivity contribution is 0.661. The average molecular weight is 669 g/mol. The lowest BCUT2D eigenvalue weighted by atomic mass is 9.82. The first-order valence-electron chi connectivity index (χ1n) is 17.9. The van der Waals surface area contributed by atoms with Gasteiger partial charge < -0.3 is 9.88 Å². The molecule has 52 heavy (non-hydrogen) atoms. The molecule has 7 aromatic carbocycles. The minimum absolute atomic E-state index is 0.0919. The number of nitrogens with zero attached hydrogens (tertiary/aromatic N) is 3. The summed E-state index contributed by atoms with van der Waals surface area (Å²) in [5.74, 6) is 1.61. The van der Waals surface area contributed by atoms with Crippen LogP contribution in [0.1, 0.15) is 47.8 Å². The van der Waals surface area contributed by atoms with Crippen molar-refractivity contribution in [3.05, 3.63) is 198 Å². The van der Waals surface area contributed by atoms with Crippen LogP contribution in [0.3, 0.4) is 0 Å². The Labute approximate surface area is 303 Å². The van der Waals surface area contributed by atoms with Gasteiger partial charge in [0.2, 0.25) is 0 Å². The molecule has 2 aliphatic rings. The topological polar surface area (TPSA) is 41.7 Å². The fourth-order valence-electron chi connectivity index (χ4n) is 8.21. The van der Waals surface area contributed by atoms with Crippen molar-refractivity contribution < 1.29 is 0 Å². The molecule has 1 aromatic heterocycles. The highest BCUT2D eigenvalue weighted by Gasteiger charge is 2.36. The van der Waals surface area contributed by atoms with Gasteiger partial charge in [0.05, 0.1) is 11.0 Å². The largest absolute Gasteiger partial charge is 0.324 e. The van der Waals surface area contributed by atoms with Crippen LogP contribution in [0.15, 0.2) is 180 Å². The number of hydrogen-bond donors (Lipinski definition) is 1. The zero-order valence-electron chi connectivity index (χ0n) is 29.1. The summed E-state index contributed by atoms with van der Waals surface area (Å²) in [6, 6.07) is 60.7. The first-order valence-corrected chi connectivity index (χ1v) is 17.9. The SMILES string of the molecule is CC1(C)c2ccccc2-c2cc3c4ccccc4n(-c4cccc(C5N=C(c6ccccc6)NC(c6ccc(-c7ccccc7)cc6)=N5)c4)c3cc21. The molecule has 248 valence electrons. The highest BCUT2D eigenvalue weighted by molar-refractivity contribution is 6.16. The molecule has 8 aromatic rings. The van der Waals surface area contributed by atoms with Crippen molar-refractivity contribution >= 4 is 33.5 Å². The smallest absolute Gasteiger partial charge is 0.169 e. The van der Waals surface area contributed by atoms with E-state index < -0.39 is 6.17 Å². The molecule has 0 amide bonds. The van der Waals surface area contributed by atoms with Gasteiger partial charge in [-0.05, 0) is 63.7 Å². The molecule has 1 N–H and O–H groups in total. The van der Waals surface area contributed by atoms with Crippen molar-refractivity contribution in [3.8, 4) is 27.9 Å². The van der Waals surface area contributed by atoms with Gasteiger partial charge in [0.1, 0.15) is 11.7 Å². The summed E-state index contributed by atoms with van der Waals surface area (Å²) in [4.78, 5) is 10.5. The predicted octanol–water partition coefficient (Wildman–Crippen LogP) is 11.3. The van der Waals surface area contributed by atoms with Gasteiger partial charge in [-0.15, -0.1) is 0 Å². The Kier molecular flexibility index (Phi) is 6.87. The van der Waals surface area contributed by atoms with Crippen LogP contribution in [0.2, 0.25) is 0 Å². The highest BCUT2D eigenvalue weighted by atomic mass is 15.2. The molecular formula is C48H36N4. The van der Waals surface area contributed by atoms with Gasteiger partial charge in [-0.2, -0.15) is 0 Å². The third kappa shape index (κ3) is 4.83. The Morgan fingerprint density at radius 1 is 0.481 bits per heavy atom. The third-order valence-corrected chi connectivity index (χ3v) is 10.9. The van der Waals surface area contributed by atoms with Crippen molar-refractivity contribution in [3.63, 3.8) is 0 Å². The van der Waals surface area contributed by atoms with Crippen LogP contribution in [0.5, 0.6) is 0 Å². The van der Waals surface area contributed by atoms with Crippen molar-refractivity contribution in [2.24, 2.45) is 9.98 Å². The van der Waals surface area contributed by atoms with Crippen LogP contribution in [0, 0.1) is 0 Å². The molecule has 10 rings (SSSR count). The van der Waals surface area contributed by atoms with Crippen LogP contribution >= 0.6 is 0 Å². The van der Waals surface area contributed by atoms with E-state index in [1.165, 1.54) is 55.2 Å². The van der Waals surface area contributed by atoms with Gasteiger partial charge in [0, 0.05) is 38.6 Å². The lowest BCUT2D eigenvalue weighted by Gasteiger charge is -2.23. The van der Waals surface area contributed by atoms with Crippen LogP contribution in [0.25, 0.3) is 49.7 Å². The van der Waals surface area contributed by atoms with E-state index >= 15 is 0 Å². The molecular weight excluding hydrogens is 633 g/mol. The standard InChI is InChI=1S/C48H36N4/c1-48(2)41-22-11-9-20-37(41)39-29-40-38-21-10-12-23-43(38)52(44(40)30-42(39)48)36-19-13-18-35(28-36)47-50-45(33-16-7-4-8-17-33)49-46(51-47)34-26-24-32(25-27-34)31-14-5-3-6-15-31/h3-30,47H,1-2H3,(H,49,50,51). The summed E-state index contributed by atoms with van der Waals surface area (Å²) in [5.41, 5.74) is 14.3. The molecule has 0 spiro atoms. The van der Waals surface area contributed by atoms with Gasteiger partial charge in [0.15, 0.2) is 6.17 Å². The summed E-state index contributed by atoms with van der Waals surface area (Å²) < 4.78 is 2.42. The Morgan fingerprint density at radius 3 is 1.87 bits per heavy atom. The minimum atomic E-state index is -0.425. The van der Waals surface area contributed by atoms with Crippen LogP contribution in [-0.4, -0.2) is 16.2 Å². The number of para-hydroxylation sites is 1. The average Bonchev–Trinajstić information content (AvgIpc) is 3.65. The van der Waals surface area contributed by atoms with E-state index in [4.69, 9.17) is 9.98 Å². The van der Waals surface area contributed by atoms with E-state index in [-0.39, 0.29) is 5.41 Å². The molecule has 0 bridgehead atoms. The van der Waals surface area contributed by atoms with Gasteiger partial charge in [-0.25, -0.2) is 9.98 Å². The third-order valence-electron chi connectivity index (χ3n) is 10.9. The molecule has 1 aliphatic carbocycles. The van der Waals surface area contributed by atoms with Crippen molar-refractivity contribution in [2.75, 3.05) is 0 Å². The first-order chi connectivity index (χ1) is 25.5. The van der Waals surface area contributed by atoms with E-state index in [0.717, 1.165) is 34.0 Å². The zero-order valence-corrected chi connectivity index (χ0v) is 29.1. The quantitative estimate of drug-likeness (QED) is 0.195. The van der Waals surface area contributed by atoms with Gasteiger partial charge >= 0.3 is 0 Å².